The minimum Gasteiger partial charge on any atom is -0.398 e. The zero-order chi connectivity index (χ0) is 29.9. The van der Waals surface area contributed by atoms with Crippen LogP contribution in [0.3, 0.4) is 0 Å². The Balaban J connectivity index is 1.21. The van der Waals surface area contributed by atoms with Crippen molar-refractivity contribution in [2.24, 2.45) is 0 Å². The normalized spacial score (nSPS) is 19.5. The first kappa shape index (κ1) is 28.6. The number of benzene rings is 4. The monoisotopic (exact) mass is 596 g/mol. The van der Waals surface area contributed by atoms with Crippen LogP contribution in [0.25, 0.3) is 0 Å². The molecule has 0 aromatic heterocycles. The number of hydrogen-bond acceptors (Lipinski definition) is 9. The van der Waals surface area contributed by atoms with Crippen LogP contribution in [0.4, 0.5) is 11.4 Å². The number of anilines is 2. The van der Waals surface area contributed by atoms with Gasteiger partial charge in [-0.3, -0.25) is 4.79 Å². The van der Waals surface area contributed by atoms with Crippen molar-refractivity contribution >= 4 is 41.0 Å². The Bertz CT molecular complexity index is 1690. The molecule has 0 spiro atoms. The zero-order valence-corrected chi connectivity index (χ0v) is 23.7. The second kappa shape index (κ2) is 12.4. The fourth-order valence-corrected chi connectivity index (χ4v) is 6.00. The molecule has 2 aliphatic rings. The molecule has 6 rings (SSSR count). The number of carbonyl (C=O) groups is 3. The third-order valence-corrected chi connectivity index (χ3v) is 8.50. The summed E-state index contributed by atoms with van der Waals surface area (Å²) in [7, 11) is 0. The van der Waals surface area contributed by atoms with Crippen LogP contribution in [-0.2, 0) is 20.8 Å². The molecule has 0 bridgehead atoms. The number of hydrogen-bond donors (Lipinski definition) is 3. The molecule has 1 fully saturated rings. The average Bonchev–Trinajstić information content (AvgIpc) is 3.32. The van der Waals surface area contributed by atoms with E-state index in [1.165, 1.54) is 18.2 Å². The lowest BCUT2D eigenvalue weighted by atomic mass is 10.0. The molecule has 3 atom stereocenters. The van der Waals surface area contributed by atoms with Gasteiger partial charge in [0.25, 0.3) is 5.91 Å². The Morgan fingerprint density at radius 3 is 2.47 bits per heavy atom. The summed E-state index contributed by atoms with van der Waals surface area (Å²) in [6, 6.07) is 26.8. The van der Waals surface area contributed by atoms with Crippen LogP contribution in [0.5, 0.6) is 0 Å². The van der Waals surface area contributed by atoms with Crippen molar-refractivity contribution in [1.82, 2.24) is 0 Å². The van der Waals surface area contributed by atoms with Crippen LogP contribution < -0.4 is 11.1 Å². The van der Waals surface area contributed by atoms with Crippen LogP contribution >= 0.6 is 11.8 Å². The Morgan fingerprint density at radius 1 is 0.884 bits per heavy atom. The molecule has 218 valence electrons. The minimum absolute atomic E-state index is 0.0402. The first-order valence-corrected chi connectivity index (χ1v) is 14.7. The number of amides is 1. The molecule has 1 amide bonds. The van der Waals surface area contributed by atoms with E-state index in [0.717, 1.165) is 16.0 Å². The summed E-state index contributed by atoms with van der Waals surface area (Å²) < 4.78 is 17.5. The highest BCUT2D eigenvalue weighted by atomic mass is 32.2. The highest BCUT2D eigenvalue weighted by molar-refractivity contribution is 7.99. The summed E-state index contributed by atoms with van der Waals surface area (Å²) in [5.74, 6) is -1.29. The van der Waals surface area contributed by atoms with Gasteiger partial charge in [-0.25, -0.2) is 9.59 Å². The molecule has 4 aromatic carbocycles. The van der Waals surface area contributed by atoms with Crippen molar-refractivity contribution in [3.8, 4) is 0 Å². The lowest BCUT2D eigenvalue weighted by Gasteiger charge is -2.36. The van der Waals surface area contributed by atoms with Gasteiger partial charge in [-0.1, -0.05) is 48.5 Å². The summed E-state index contributed by atoms with van der Waals surface area (Å²) in [5, 5.41) is 12.3. The second-order valence-corrected chi connectivity index (χ2v) is 11.3. The SMILES string of the molecule is Nc1ccccc1SCC1CC(c2ccc(CO)cc2)OC(c2cccc(NC(=O)c3ccc4c(c3)C(=O)OC4=O)c2)O1. The molecule has 4 aromatic rings. The number of carbonyl (C=O) groups excluding carboxylic acids is 3. The number of fused-ring (bicyclic) bond motifs is 1. The molecule has 0 saturated carbocycles. The fourth-order valence-electron chi connectivity index (χ4n) is 5.01. The highest BCUT2D eigenvalue weighted by Crippen LogP contribution is 2.40. The summed E-state index contributed by atoms with van der Waals surface area (Å²) in [6.45, 7) is -0.0402. The van der Waals surface area contributed by atoms with E-state index in [4.69, 9.17) is 15.2 Å². The molecule has 43 heavy (non-hydrogen) atoms. The number of aliphatic hydroxyl groups is 1. The number of ether oxygens (including phenoxy) is 3. The van der Waals surface area contributed by atoms with Gasteiger partial charge in [-0.15, -0.1) is 11.8 Å². The average molecular weight is 597 g/mol. The molecule has 4 N–H and O–H groups in total. The number of nitrogens with one attached hydrogen (secondary N) is 1. The van der Waals surface area contributed by atoms with Gasteiger partial charge in [0.15, 0.2) is 6.29 Å². The van der Waals surface area contributed by atoms with Crippen molar-refractivity contribution in [2.45, 2.75) is 36.4 Å². The maximum Gasteiger partial charge on any atom is 0.346 e. The molecule has 9 nitrogen and oxygen atoms in total. The van der Waals surface area contributed by atoms with Gasteiger partial charge in [0.05, 0.1) is 29.9 Å². The van der Waals surface area contributed by atoms with Crippen molar-refractivity contribution in [3.63, 3.8) is 0 Å². The quantitative estimate of drug-likeness (QED) is 0.102. The van der Waals surface area contributed by atoms with E-state index in [9.17, 15) is 19.5 Å². The molecule has 2 aliphatic heterocycles. The smallest absolute Gasteiger partial charge is 0.346 e. The van der Waals surface area contributed by atoms with E-state index in [1.807, 2.05) is 54.6 Å². The summed E-state index contributed by atoms with van der Waals surface area (Å²) in [4.78, 5) is 37.7. The number of thioether (sulfide) groups is 1. The lowest BCUT2D eigenvalue weighted by Crippen LogP contribution is -2.31. The summed E-state index contributed by atoms with van der Waals surface area (Å²) >= 11 is 1.62. The van der Waals surface area contributed by atoms with Crippen LogP contribution in [0.15, 0.2) is 95.9 Å². The van der Waals surface area contributed by atoms with Gasteiger partial charge < -0.3 is 30.4 Å². The number of nitrogens with two attached hydrogens (primary N) is 1. The van der Waals surface area contributed by atoms with E-state index in [2.05, 4.69) is 10.1 Å². The highest BCUT2D eigenvalue weighted by Gasteiger charge is 2.33. The maximum absolute atomic E-state index is 13.0. The Hall–Kier alpha value is -4.48. The van der Waals surface area contributed by atoms with E-state index >= 15 is 0 Å². The van der Waals surface area contributed by atoms with Crippen molar-refractivity contribution in [1.29, 1.82) is 0 Å². The van der Waals surface area contributed by atoms with Crippen molar-refractivity contribution in [3.05, 3.63) is 124 Å². The van der Waals surface area contributed by atoms with E-state index < -0.39 is 24.1 Å². The van der Waals surface area contributed by atoms with Gasteiger partial charge >= 0.3 is 11.9 Å². The van der Waals surface area contributed by atoms with Gasteiger partial charge in [-0.05, 0) is 53.6 Å². The Labute approximate surface area is 252 Å². The molecule has 0 aliphatic carbocycles. The molecule has 1 saturated heterocycles. The summed E-state index contributed by atoms with van der Waals surface area (Å²) in [6.07, 6.45) is -0.531. The third-order valence-electron chi connectivity index (χ3n) is 7.28. The topological polar surface area (TPSA) is 137 Å². The molecule has 3 unspecified atom stereocenters. The number of rotatable bonds is 8. The first-order valence-electron chi connectivity index (χ1n) is 13.7. The largest absolute Gasteiger partial charge is 0.398 e. The van der Waals surface area contributed by atoms with Crippen LogP contribution in [0.1, 0.15) is 66.6 Å². The van der Waals surface area contributed by atoms with E-state index in [0.29, 0.717) is 29.1 Å². The first-order chi connectivity index (χ1) is 20.9. The van der Waals surface area contributed by atoms with Gasteiger partial charge in [0.1, 0.15) is 0 Å². The van der Waals surface area contributed by atoms with Gasteiger partial charge in [-0.2, -0.15) is 0 Å². The van der Waals surface area contributed by atoms with Crippen LogP contribution in [0.2, 0.25) is 0 Å². The standard InChI is InChI=1S/C33H28N2O7S/c34-27-6-1-2-7-29(27)43-18-24-16-28(20-10-8-19(17-36)9-11-20)41-33(40-24)22-4-3-5-23(14-22)35-30(37)21-12-13-25-26(15-21)32(39)42-31(25)38/h1-15,24,28,33,36H,16-18,34H2,(H,35,37). The van der Waals surface area contributed by atoms with E-state index in [-0.39, 0.29) is 35.5 Å². The number of nitrogen functional groups attached to an aromatic ring is 1. The molecule has 0 radical (unpaired) electrons. The van der Waals surface area contributed by atoms with Gasteiger partial charge in [0, 0.05) is 39.6 Å². The number of cyclic esters (lactones) is 2. The maximum atomic E-state index is 13.0. The Morgan fingerprint density at radius 2 is 1.67 bits per heavy atom. The third kappa shape index (κ3) is 6.32. The van der Waals surface area contributed by atoms with E-state index in [1.54, 1.807) is 30.0 Å². The predicted octanol–water partition coefficient (Wildman–Crippen LogP) is 5.66. The zero-order valence-electron chi connectivity index (χ0n) is 22.9. The summed E-state index contributed by atoms with van der Waals surface area (Å²) in [5.41, 5.74) is 10.3. The predicted molar refractivity (Wildman–Crippen MR) is 161 cm³/mol. The van der Waals surface area contributed by atoms with Crippen LogP contribution in [0, 0.1) is 0 Å². The fraction of sp³-hybridized carbons (Fsp3) is 0.182. The number of esters is 2. The number of aliphatic hydroxyl groups excluding tert-OH is 1. The van der Waals surface area contributed by atoms with Gasteiger partial charge in [0.2, 0.25) is 0 Å². The molecular weight excluding hydrogens is 568 g/mol. The van der Waals surface area contributed by atoms with Crippen LogP contribution in [-0.4, -0.2) is 34.8 Å². The second-order valence-electron chi connectivity index (χ2n) is 10.2. The minimum atomic E-state index is -0.772. The molecule has 2 heterocycles. The van der Waals surface area contributed by atoms with Crippen molar-refractivity contribution < 1.29 is 33.7 Å². The number of para-hydroxylation sites is 1. The lowest BCUT2D eigenvalue weighted by molar-refractivity contribution is -0.245. The molecular formula is C33H28N2O7S. The van der Waals surface area contributed by atoms with Crippen molar-refractivity contribution in [2.75, 3.05) is 16.8 Å². The molecule has 10 heteroatoms. The Kier molecular flexibility index (Phi) is 8.26.